The van der Waals surface area contributed by atoms with Crippen LogP contribution in [-0.2, 0) is 14.3 Å². The number of hydrogen-bond acceptors (Lipinski definition) is 5. The molecule has 0 unspecified atom stereocenters. The molecular formula is C12H12N2O4S. The van der Waals surface area contributed by atoms with Crippen molar-refractivity contribution < 1.29 is 19.1 Å². The fourth-order valence-electron chi connectivity index (χ4n) is 1.56. The first-order valence-corrected chi connectivity index (χ1v) is 6.42. The van der Waals surface area contributed by atoms with Crippen molar-refractivity contribution in [2.75, 3.05) is 11.9 Å². The van der Waals surface area contributed by atoms with E-state index >= 15 is 0 Å². The second kappa shape index (κ2) is 5.31. The number of rotatable bonds is 3. The van der Waals surface area contributed by atoms with Gasteiger partial charge in [0.2, 0.25) is 5.91 Å². The zero-order valence-electron chi connectivity index (χ0n) is 10.1. The van der Waals surface area contributed by atoms with E-state index in [2.05, 4.69) is 5.32 Å². The Morgan fingerprint density at radius 3 is 2.89 bits per heavy atom. The third-order valence-electron chi connectivity index (χ3n) is 2.49. The first-order valence-electron chi connectivity index (χ1n) is 5.54. The lowest BCUT2D eigenvalue weighted by atomic mass is 10.2. The van der Waals surface area contributed by atoms with Crippen LogP contribution in [0.3, 0.4) is 0 Å². The first-order chi connectivity index (χ1) is 8.97. The zero-order chi connectivity index (χ0) is 14.0. The summed E-state index contributed by atoms with van der Waals surface area (Å²) in [5.41, 5.74) is 5.72. The molecule has 7 heteroatoms. The molecule has 1 aliphatic rings. The van der Waals surface area contributed by atoms with E-state index in [4.69, 9.17) is 10.5 Å². The lowest BCUT2D eigenvalue weighted by molar-refractivity contribution is -0.121. The van der Waals surface area contributed by atoms with Gasteiger partial charge in [-0.2, -0.15) is 0 Å². The molecule has 3 N–H and O–H groups in total. The molecule has 1 atom stereocenters. The highest BCUT2D eigenvalue weighted by atomic mass is 32.2. The third kappa shape index (κ3) is 3.05. The molecule has 0 aromatic heterocycles. The molecule has 1 aromatic carbocycles. The van der Waals surface area contributed by atoms with Gasteiger partial charge < -0.3 is 15.8 Å². The molecule has 1 aromatic rings. The monoisotopic (exact) mass is 280 g/mol. The van der Waals surface area contributed by atoms with Crippen molar-refractivity contribution in [2.24, 2.45) is 5.73 Å². The summed E-state index contributed by atoms with van der Waals surface area (Å²) in [6.07, 6.45) is 0. The van der Waals surface area contributed by atoms with Crippen LogP contribution < -0.4 is 11.1 Å². The number of nitrogens with two attached hydrogens (primary N) is 1. The predicted molar refractivity (Wildman–Crippen MR) is 69.9 cm³/mol. The van der Waals surface area contributed by atoms with Gasteiger partial charge in [-0.1, -0.05) is 0 Å². The molecule has 2 amide bonds. The summed E-state index contributed by atoms with van der Waals surface area (Å²) in [6.45, 7) is 1.34. The van der Waals surface area contributed by atoms with E-state index in [-0.39, 0.29) is 16.7 Å². The molecule has 6 nitrogen and oxygen atoms in total. The SMILES string of the molecule is C[C@H]1Sc2ccc(C(=O)OCC(N)=O)cc2NC1=O. The number of thioether (sulfide) groups is 1. The normalized spacial score (nSPS) is 17.3. The number of nitrogens with one attached hydrogen (secondary N) is 1. The first kappa shape index (κ1) is 13.4. The lowest BCUT2D eigenvalue weighted by Crippen LogP contribution is -2.26. The molecule has 0 saturated heterocycles. The third-order valence-corrected chi connectivity index (χ3v) is 3.67. The second-order valence-corrected chi connectivity index (χ2v) is 5.39. The molecule has 0 bridgehead atoms. The van der Waals surface area contributed by atoms with Crippen LogP contribution in [0.1, 0.15) is 17.3 Å². The molecule has 100 valence electrons. The van der Waals surface area contributed by atoms with E-state index in [0.29, 0.717) is 5.69 Å². The smallest absolute Gasteiger partial charge is 0.338 e. The van der Waals surface area contributed by atoms with E-state index in [1.54, 1.807) is 19.1 Å². The van der Waals surface area contributed by atoms with Crippen LogP contribution in [0.2, 0.25) is 0 Å². The Balaban J connectivity index is 2.17. The van der Waals surface area contributed by atoms with E-state index < -0.39 is 18.5 Å². The average Bonchev–Trinajstić information content (AvgIpc) is 2.36. The van der Waals surface area contributed by atoms with Crippen LogP contribution in [0.25, 0.3) is 0 Å². The minimum atomic E-state index is -0.719. The van der Waals surface area contributed by atoms with Crippen LogP contribution in [-0.4, -0.2) is 29.6 Å². The number of esters is 1. The molecule has 1 heterocycles. The van der Waals surface area contributed by atoms with Crippen molar-refractivity contribution in [2.45, 2.75) is 17.1 Å². The van der Waals surface area contributed by atoms with Gasteiger partial charge in [0.05, 0.1) is 16.5 Å². The van der Waals surface area contributed by atoms with Crippen molar-refractivity contribution in [1.29, 1.82) is 0 Å². The van der Waals surface area contributed by atoms with E-state index in [1.165, 1.54) is 17.8 Å². The lowest BCUT2D eigenvalue weighted by Gasteiger charge is -2.21. The van der Waals surface area contributed by atoms with Crippen LogP contribution >= 0.6 is 11.8 Å². The minimum absolute atomic E-state index is 0.111. The van der Waals surface area contributed by atoms with Gasteiger partial charge in [-0.3, -0.25) is 9.59 Å². The molecular weight excluding hydrogens is 268 g/mol. The minimum Gasteiger partial charge on any atom is -0.452 e. The van der Waals surface area contributed by atoms with Crippen molar-refractivity contribution in [1.82, 2.24) is 0 Å². The van der Waals surface area contributed by atoms with Gasteiger partial charge in [-0.15, -0.1) is 11.8 Å². The molecule has 2 rings (SSSR count). The Morgan fingerprint density at radius 2 is 2.21 bits per heavy atom. The van der Waals surface area contributed by atoms with Gasteiger partial charge in [0.25, 0.3) is 5.91 Å². The van der Waals surface area contributed by atoms with Crippen molar-refractivity contribution >= 4 is 35.2 Å². The number of amides is 2. The predicted octanol–water partition coefficient (Wildman–Crippen LogP) is 0.761. The van der Waals surface area contributed by atoms with Crippen molar-refractivity contribution in [3.8, 4) is 0 Å². The van der Waals surface area contributed by atoms with E-state index in [9.17, 15) is 14.4 Å². The summed E-state index contributed by atoms with van der Waals surface area (Å²) in [7, 11) is 0. The quantitative estimate of drug-likeness (QED) is 0.796. The standard InChI is InChI=1S/C12H12N2O4S/c1-6-11(16)14-8-4-7(2-3-9(8)19-6)12(17)18-5-10(13)15/h2-4,6H,5H2,1H3,(H2,13,15)(H,14,16)/t6-/m1/s1. The highest BCUT2D eigenvalue weighted by molar-refractivity contribution is 8.00. The van der Waals surface area contributed by atoms with Crippen LogP contribution in [0.5, 0.6) is 0 Å². The maximum Gasteiger partial charge on any atom is 0.338 e. The number of carbonyl (C=O) groups is 3. The molecule has 0 aliphatic carbocycles. The Morgan fingerprint density at radius 1 is 1.47 bits per heavy atom. The fourth-order valence-corrected chi connectivity index (χ4v) is 2.49. The number of primary amides is 1. The summed E-state index contributed by atoms with van der Waals surface area (Å²) in [6, 6.07) is 4.84. The fraction of sp³-hybridized carbons (Fsp3) is 0.250. The molecule has 0 radical (unpaired) electrons. The van der Waals surface area contributed by atoms with E-state index in [0.717, 1.165) is 4.90 Å². The number of fused-ring (bicyclic) bond motifs is 1. The highest BCUT2D eigenvalue weighted by Gasteiger charge is 2.24. The largest absolute Gasteiger partial charge is 0.452 e. The Hall–Kier alpha value is -2.02. The zero-order valence-corrected chi connectivity index (χ0v) is 11.0. The number of benzene rings is 1. The summed E-state index contributed by atoms with van der Waals surface area (Å²) in [5, 5.41) is 2.54. The number of anilines is 1. The van der Waals surface area contributed by atoms with Gasteiger partial charge in [-0.25, -0.2) is 4.79 Å². The van der Waals surface area contributed by atoms with Gasteiger partial charge in [0.1, 0.15) is 0 Å². The van der Waals surface area contributed by atoms with Gasteiger partial charge in [0, 0.05) is 4.90 Å². The summed E-state index contributed by atoms with van der Waals surface area (Å²) >= 11 is 1.42. The highest BCUT2D eigenvalue weighted by Crippen LogP contribution is 2.35. The Bertz CT molecular complexity index is 559. The topological polar surface area (TPSA) is 98.5 Å². The molecule has 0 saturated carbocycles. The Kier molecular flexibility index (Phi) is 3.75. The second-order valence-electron chi connectivity index (χ2n) is 4.00. The number of ether oxygens (including phenoxy) is 1. The molecule has 0 spiro atoms. The molecule has 0 fully saturated rings. The van der Waals surface area contributed by atoms with Crippen LogP contribution in [0, 0.1) is 0 Å². The van der Waals surface area contributed by atoms with Crippen molar-refractivity contribution in [3.05, 3.63) is 23.8 Å². The van der Waals surface area contributed by atoms with Crippen molar-refractivity contribution in [3.63, 3.8) is 0 Å². The van der Waals surface area contributed by atoms with Crippen LogP contribution in [0.4, 0.5) is 5.69 Å². The Labute approximate surface area is 113 Å². The number of hydrogen-bond donors (Lipinski definition) is 2. The summed E-state index contributed by atoms with van der Waals surface area (Å²) in [4.78, 5) is 34.6. The molecule has 1 aliphatic heterocycles. The molecule has 19 heavy (non-hydrogen) atoms. The maximum absolute atomic E-state index is 11.6. The van der Waals surface area contributed by atoms with Gasteiger partial charge >= 0.3 is 5.97 Å². The summed E-state index contributed by atoms with van der Waals surface area (Å²) < 4.78 is 4.70. The average molecular weight is 280 g/mol. The number of carbonyl (C=O) groups excluding carboxylic acids is 3. The van der Waals surface area contributed by atoms with Crippen LogP contribution in [0.15, 0.2) is 23.1 Å². The maximum atomic E-state index is 11.6. The summed E-state index contributed by atoms with van der Waals surface area (Å²) in [5.74, 6) is -1.48. The van der Waals surface area contributed by atoms with E-state index in [1.807, 2.05) is 0 Å². The van der Waals surface area contributed by atoms with Gasteiger partial charge in [-0.05, 0) is 25.1 Å². The van der Waals surface area contributed by atoms with Gasteiger partial charge in [0.15, 0.2) is 6.61 Å².